The number of piperidine rings is 1. The number of nitrogen functional groups attached to an aromatic ring is 1. The van der Waals surface area contributed by atoms with E-state index >= 15 is 0 Å². The Kier molecular flexibility index (Phi) is 7.31. The predicted molar refractivity (Wildman–Crippen MR) is 137 cm³/mol. The lowest BCUT2D eigenvalue weighted by Gasteiger charge is -2.26. The van der Waals surface area contributed by atoms with Crippen LogP contribution in [-0.2, 0) is 4.74 Å². The minimum absolute atomic E-state index is 0.0838. The van der Waals surface area contributed by atoms with Gasteiger partial charge in [-0.05, 0) is 57.0 Å². The second-order valence-electron chi connectivity index (χ2n) is 9.05. The molecule has 0 radical (unpaired) electrons. The third-order valence-electron chi connectivity index (χ3n) is 6.56. The third kappa shape index (κ3) is 5.50. The number of aromatic nitrogens is 2. The third-order valence-corrected chi connectivity index (χ3v) is 7.58. The number of ether oxygens (including phenoxy) is 2. The van der Waals surface area contributed by atoms with Crippen molar-refractivity contribution in [2.75, 3.05) is 45.2 Å². The summed E-state index contributed by atoms with van der Waals surface area (Å²) < 4.78 is 12.9. The van der Waals surface area contributed by atoms with E-state index in [2.05, 4.69) is 15.2 Å². The van der Waals surface area contributed by atoms with Gasteiger partial charge in [0.25, 0.3) is 11.5 Å². The number of benzene rings is 1. The van der Waals surface area contributed by atoms with Crippen LogP contribution in [0, 0.1) is 0 Å². The fourth-order valence-electron chi connectivity index (χ4n) is 4.65. The maximum atomic E-state index is 13.0. The molecule has 2 aromatic heterocycles. The SMILES string of the molecule is Nc1nc2sc(C(=O)NC3CCOCC3)cc2n(-c2cccc(OCCN3CCCCC3)c2)c1=O. The molecule has 2 aliphatic rings. The van der Waals surface area contributed by atoms with E-state index in [1.54, 1.807) is 6.07 Å². The van der Waals surface area contributed by atoms with Crippen molar-refractivity contribution in [3.05, 3.63) is 45.6 Å². The van der Waals surface area contributed by atoms with Crippen LogP contribution in [0.4, 0.5) is 5.82 Å². The summed E-state index contributed by atoms with van der Waals surface area (Å²) in [5.41, 5.74) is 6.73. The molecule has 1 aromatic carbocycles. The molecule has 4 heterocycles. The molecule has 3 N–H and O–H groups in total. The van der Waals surface area contributed by atoms with Gasteiger partial charge < -0.3 is 20.5 Å². The molecule has 0 aliphatic carbocycles. The number of nitrogens with two attached hydrogens (primary N) is 1. The Morgan fingerprint density at radius 3 is 2.80 bits per heavy atom. The Hall–Kier alpha value is -2.95. The first kappa shape index (κ1) is 23.8. The number of rotatable bonds is 7. The van der Waals surface area contributed by atoms with Crippen molar-refractivity contribution in [1.29, 1.82) is 0 Å². The Bertz CT molecular complexity index is 1240. The molecule has 5 rings (SSSR count). The van der Waals surface area contributed by atoms with Gasteiger partial charge in [-0.15, -0.1) is 11.3 Å². The number of amides is 1. The number of thiophene rings is 1. The predicted octanol–water partition coefficient (Wildman–Crippen LogP) is 2.80. The molecule has 2 aliphatic heterocycles. The number of carbonyl (C=O) groups is 1. The van der Waals surface area contributed by atoms with Gasteiger partial charge >= 0.3 is 0 Å². The highest BCUT2D eigenvalue weighted by atomic mass is 32.1. The summed E-state index contributed by atoms with van der Waals surface area (Å²) in [7, 11) is 0. The van der Waals surface area contributed by atoms with Crippen LogP contribution in [0.15, 0.2) is 35.1 Å². The van der Waals surface area contributed by atoms with Gasteiger partial charge in [0.15, 0.2) is 5.82 Å². The average molecular weight is 498 g/mol. The van der Waals surface area contributed by atoms with E-state index in [0.717, 1.165) is 32.5 Å². The Balaban J connectivity index is 1.38. The highest BCUT2D eigenvalue weighted by Gasteiger charge is 2.21. The topological polar surface area (TPSA) is 112 Å². The van der Waals surface area contributed by atoms with Crippen molar-refractivity contribution >= 4 is 33.4 Å². The molecule has 9 nitrogen and oxygen atoms in total. The maximum Gasteiger partial charge on any atom is 0.298 e. The van der Waals surface area contributed by atoms with Gasteiger partial charge in [-0.3, -0.25) is 19.1 Å². The number of nitrogens with one attached hydrogen (secondary N) is 1. The molecular formula is C25H31N5O4S. The fourth-order valence-corrected chi connectivity index (χ4v) is 5.58. The van der Waals surface area contributed by atoms with E-state index in [0.29, 0.717) is 46.5 Å². The van der Waals surface area contributed by atoms with Gasteiger partial charge in [0.2, 0.25) is 0 Å². The summed E-state index contributed by atoms with van der Waals surface area (Å²) in [4.78, 5) is 33.6. The number of carbonyl (C=O) groups excluding carboxylic acids is 1. The van der Waals surface area contributed by atoms with Gasteiger partial charge in [-0.25, -0.2) is 4.98 Å². The monoisotopic (exact) mass is 497 g/mol. The first-order chi connectivity index (χ1) is 17.1. The molecule has 3 aromatic rings. The summed E-state index contributed by atoms with van der Waals surface area (Å²) in [6, 6.07) is 9.19. The molecule has 0 atom stereocenters. The molecule has 0 saturated carbocycles. The molecular weight excluding hydrogens is 466 g/mol. The van der Waals surface area contributed by atoms with Crippen LogP contribution in [0.3, 0.4) is 0 Å². The number of hydrogen-bond donors (Lipinski definition) is 2. The molecule has 35 heavy (non-hydrogen) atoms. The zero-order valence-electron chi connectivity index (χ0n) is 19.7. The summed E-state index contributed by atoms with van der Waals surface area (Å²) in [5.74, 6) is 0.405. The quantitative estimate of drug-likeness (QED) is 0.516. The number of nitrogens with zero attached hydrogens (tertiary/aromatic N) is 3. The van der Waals surface area contributed by atoms with Gasteiger partial charge in [-0.1, -0.05) is 12.5 Å². The number of fused-ring (bicyclic) bond motifs is 1. The molecule has 2 saturated heterocycles. The van der Waals surface area contributed by atoms with Gasteiger partial charge in [0.1, 0.15) is 17.2 Å². The highest BCUT2D eigenvalue weighted by Crippen LogP contribution is 2.27. The maximum absolute atomic E-state index is 13.0. The summed E-state index contributed by atoms with van der Waals surface area (Å²) in [6.07, 6.45) is 5.37. The lowest BCUT2D eigenvalue weighted by Crippen LogP contribution is -2.38. The molecule has 10 heteroatoms. The minimum atomic E-state index is -0.419. The molecule has 186 valence electrons. The first-order valence-electron chi connectivity index (χ1n) is 12.2. The van der Waals surface area contributed by atoms with E-state index in [1.807, 2.05) is 24.3 Å². The second kappa shape index (κ2) is 10.8. The zero-order valence-corrected chi connectivity index (χ0v) is 20.5. The normalized spacial score (nSPS) is 17.5. The standard InChI is InChI=1S/C25H31N5O4S/c26-22-25(32)30(18-5-4-6-19(15-18)34-14-11-29-9-2-1-3-10-29)20-16-21(35-24(20)28-22)23(31)27-17-7-12-33-13-8-17/h4-6,15-17H,1-3,7-14H2,(H2,26,28)(H,27,31). The Morgan fingerprint density at radius 1 is 1.20 bits per heavy atom. The number of anilines is 1. The van der Waals surface area contributed by atoms with Crippen molar-refractivity contribution in [2.24, 2.45) is 0 Å². The van der Waals surface area contributed by atoms with Crippen LogP contribution < -0.4 is 21.3 Å². The van der Waals surface area contributed by atoms with Crippen LogP contribution in [-0.4, -0.2) is 65.9 Å². The summed E-state index contributed by atoms with van der Waals surface area (Å²) in [5, 5.41) is 3.06. The van der Waals surface area contributed by atoms with Gasteiger partial charge in [-0.2, -0.15) is 0 Å². The molecule has 0 unspecified atom stereocenters. The second-order valence-corrected chi connectivity index (χ2v) is 10.1. The highest BCUT2D eigenvalue weighted by molar-refractivity contribution is 7.20. The van der Waals surface area contributed by atoms with Crippen molar-refractivity contribution in [2.45, 2.75) is 38.1 Å². The molecule has 2 fully saturated rings. The van der Waals surface area contributed by atoms with Crippen LogP contribution >= 0.6 is 11.3 Å². The zero-order chi connectivity index (χ0) is 24.2. The van der Waals surface area contributed by atoms with E-state index in [1.165, 1.54) is 35.2 Å². The molecule has 0 bridgehead atoms. The Morgan fingerprint density at radius 2 is 2.00 bits per heavy atom. The number of likely N-dealkylation sites (tertiary alicyclic amines) is 1. The van der Waals surface area contributed by atoms with Crippen LogP contribution in [0.1, 0.15) is 41.8 Å². The lowest BCUT2D eigenvalue weighted by atomic mass is 10.1. The van der Waals surface area contributed by atoms with Crippen LogP contribution in [0.2, 0.25) is 0 Å². The fraction of sp³-hybridized carbons (Fsp3) is 0.480. The van der Waals surface area contributed by atoms with Crippen molar-refractivity contribution in [3.63, 3.8) is 0 Å². The minimum Gasteiger partial charge on any atom is -0.492 e. The van der Waals surface area contributed by atoms with Crippen LogP contribution in [0.5, 0.6) is 5.75 Å². The molecule has 0 spiro atoms. The summed E-state index contributed by atoms with van der Waals surface area (Å²) in [6.45, 7) is 5.00. The summed E-state index contributed by atoms with van der Waals surface area (Å²) >= 11 is 1.23. The van der Waals surface area contributed by atoms with Crippen molar-refractivity contribution < 1.29 is 14.3 Å². The Labute approximate surface area is 207 Å². The van der Waals surface area contributed by atoms with E-state index in [-0.39, 0.29) is 17.8 Å². The van der Waals surface area contributed by atoms with E-state index in [4.69, 9.17) is 15.2 Å². The van der Waals surface area contributed by atoms with Crippen molar-refractivity contribution in [1.82, 2.24) is 19.8 Å². The first-order valence-corrected chi connectivity index (χ1v) is 13.1. The largest absolute Gasteiger partial charge is 0.492 e. The van der Waals surface area contributed by atoms with Gasteiger partial charge in [0, 0.05) is 31.9 Å². The van der Waals surface area contributed by atoms with E-state index < -0.39 is 5.56 Å². The smallest absolute Gasteiger partial charge is 0.298 e. The molecule has 1 amide bonds. The van der Waals surface area contributed by atoms with Crippen molar-refractivity contribution in [3.8, 4) is 11.4 Å². The number of hydrogen-bond acceptors (Lipinski definition) is 8. The van der Waals surface area contributed by atoms with Gasteiger partial charge in [0.05, 0.1) is 16.1 Å². The van der Waals surface area contributed by atoms with Crippen LogP contribution in [0.25, 0.3) is 16.0 Å². The average Bonchev–Trinajstić information content (AvgIpc) is 3.30. The van der Waals surface area contributed by atoms with E-state index in [9.17, 15) is 9.59 Å². The lowest BCUT2D eigenvalue weighted by molar-refractivity contribution is 0.0698.